The van der Waals surface area contributed by atoms with Gasteiger partial charge < -0.3 is 4.74 Å². The average molecular weight is 299 g/mol. The Kier molecular flexibility index (Phi) is 4.86. The number of rotatable bonds is 4. The molecule has 112 valence electrons. The predicted octanol–water partition coefficient (Wildman–Crippen LogP) is 3.23. The monoisotopic (exact) mass is 298 g/mol. The third-order valence-corrected chi connectivity index (χ3v) is 4.89. The Balaban J connectivity index is 2.20. The van der Waals surface area contributed by atoms with Crippen molar-refractivity contribution in [3.8, 4) is 0 Å². The summed E-state index contributed by atoms with van der Waals surface area (Å²) in [4.78, 5) is 12.8. The van der Waals surface area contributed by atoms with Crippen LogP contribution in [0.5, 0.6) is 0 Å². The van der Waals surface area contributed by atoms with Crippen molar-refractivity contribution in [3.05, 3.63) is 16.4 Å². The predicted molar refractivity (Wildman–Crippen MR) is 79.1 cm³/mol. The lowest BCUT2D eigenvalue weighted by Gasteiger charge is -2.29. The van der Waals surface area contributed by atoms with Crippen LogP contribution in [-0.4, -0.2) is 28.3 Å². The first kappa shape index (κ1) is 15.5. The topological polar surface area (TPSA) is 44.1 Å². The summed E-state index contributed by atoms with van der Waals surface area (Å²) in [6.07, 6.45) is 6.40. The summed E-state index contributed by atoms with van der Waals surface area (Å²) < 4.78 is 7.36. The molecule has 4 nitrogen and oxygen atoms in total. The molecule has 0 spiro atoms. The van der Waals surface area contributed by atoms with E-state index in [1.165, 1.54) is 12.8 Å². The highest BCUT2D eigenvalue weighted by atomic mass is 35.5. The van der Waals surface area contributed by atoms with E-state index in [1.807, 2.05) is 14.0 Å². The minimum absolute atomic E-state index is 0.131. The van der Waals surface area contributed by atoms with Crippen molar-refractivity contribution in [1.82, 2.24) is 9.78 Å². The van der Waals surface area contributed by atoms with Gasteiger partial charge in [-0.05, 0) is 19.8 Å². The molecular formula is C15H23ClN2O2. The Bertz CT molecular complexity index is 488. The second-order valence-corrected chi connectivity index (χ2v) is 6.06. The molecule has 1 aromatic heterocycles. The Morgan fingerprint density at radius 1 is 1.35 bits per heavy atom. The van der Waals surface area contributed by atoms with Crippen molar-refractivity contribution in [2.75, 3.05) is 7.11 Å². The highest BCUT2D eigenvalue weighted by Crippen LogP contribution is 2.32. The van der Waals surface area contributed by atoms with Crippen LogP contribution in [0.4, 0.5) is 0 Å². The summed E-state index contributed by atoms with van der Waals surface area (Å²) in [5.74, 6) is 0.131. The first-order valence-corrected chi connectivity index (χ1v) is 7.64. The molecule has 5 heteroatoms. The van der Waals surface area contributed by atoms with Gasteiger partial charge >= 0.3 is 0 Å². The zero-order valence-electron chi connectivity index (χ0n) is 12.5. The van der Waals surface area contributed by atoms with E-state index in [0.717, 1.165) is 37.1 Å². The summed E-state index contributed by atoms with van der Waals surface area (Å²) in [5.41, 5.74) is 0.928. The molecule has 2 rings (SSSR count). The van der Waals surface area contributed by atoms with Crippen molar-refractivity contribution < 1.29 is 9.53 Å². The average Bonchev–Trinajstić information content (AvgIpc) is 2.66. The van der Waals surface area contributed by atoms with Gasteiger partial charge in [0.25, 0.3) is 0 Å². The van der Waals surface area contributed by atoms with Crippen LogP contribution in [0.1, 0.15) is 49.9 Å². The normalized spacial score (nSPS) is 18.8. The number of aryl methyl sites for hydroxylation is 2. The van der Waals surface area contributed by atoms with Gasteiger partial charge in [0.1, 0.15) is 5.60 Å². The number of aromatic nitrogens is 2. The molecule has 20 heavy (non-hydrogen) atoms. The van der Waals surface area contributed by atoms with Gasteiger partial charge in [-0.15, -0.1) is 0 Å². The first-order chi connectivity index (χ1) is 9.50. The fourth-order valence-corrected chi connectivity index (χ4v) is 3.31. The van der Waals surface area contributed by atoms with E-state index in [9.17, 15) is 4.79 Å². The molecule has 1 fully saturated rings. The Hall–Kier alpha value is -0.870. The van der Waals surface area contributed by atoms with Crippen molar-refractivity contribution in [3.63, 3.8) is 0 Å². The van der Waals surface area contributed by atoms with Gasteiger partial charge in [0.2, 0.25) is 0 Å². The lowest BCUT2D eigenvalue weighted by molar-refractivity contribution is -0.142. The summed E-state index contributed by atoms with van der Waals surface area (Å²) in [6, 6.07) is 0. The number of carbonyl (C=O) groups is 1. The molecule has 1 aliphatic rings. The van der Waals surface area contributed by atoms with Crippen molar-refractivity contribution >= 4 is 17.4 Å². The third-order valence-electron chi connectivity index (χ3n) is 4.40. The molecule has 0 saturated heterocycles. The Labute approximate surface area is 125 Å². The van der Waals surface area contributed by atoms with Crippen LogP contribution in [0.25, 0.3) is 0 Å². The zero-order valence-corrected chi connectivity index (χ0v) is 13.3. The van der Waals surface area contributed by atoms with E-state index in [4.69, 9.17) is 16.3 Å². The molecule has 1 heterocycles. The molecule has 0 aliphatic heterocycles. The molecule has 0 radical (unpaired) electrons. The summed E-state index contributed by atoms with van der Waals surface area (Å²) >= 11 is 6.24. The number of ether oxygens (including phenoxy) is 1. The van der Waals surface area contributed by atoms with Gasteiger partial charge in [-0.1, -0.05) is 37.3 Å². The van der Waals surface area contributed by atoms with Gasteiger partial charge in [-0.2, -0.15) is 5.10 Å². The number of hydrogen-bond donors (Lipinski definition) is 0. The van der Waals surface area contributed by atoms with E-state index < -0.39 is 5.60 Å². The number of carbonyl (C=O) groups excluding carboxylic acids is 1. The molecule has 0 bridgehead atoms. The molecule has 1 saturated carbocycles. The number of ketones is 1. The van der Waals surface area contributed by atoms with E-state index in [-0.39, 0.29) is 5.78 Å². The fourth-order valence-electron chi connectivity index (χ4n) is 3.08. The van der Waals surface area contributed by atoms with Gasteiger partial charge in [0.05, 0.1) is 22.8 Å². The van der Waals surface area contributed by atoms with E-state index in [1.54, 1.807) is 11.8 Å². The SMILES string of the molecule is COC1(C(=O)Cc2c(Cl)c(C)nn2C)CCCCCC1. The van der Waals surface area contributed by atoms with Crippen LogP contribution in [0.3, 0.4) is 0 Å². The lowest BCUT2D eigenvalue weighted by atomic mass is 9.87. The number of methoxy groups -OCH3 is 1. The van der Waals surface area contributed by atoms with Crippen LogP contribution < -0.4 is 0 Å². The van der Waals surface area contributed by atoms with Gasteiger partial charge in [-0.3, -0.25) is 9.48 Å². The molecule has 1 aliphatic carbocycles. The van der Waals surface area contributed by atoms with Crippen molar-refractivity contribution in [2.45, 2.75) is 57.5 Å². The number of hydrogen-bond acceptors (Lipinski definition) is 3. The molecule has 1 aromatic rings. The van der Waals surface area contributed by atoms with E-state index in [2.05, 4.69) is 5.10 Å². The fraction of sp³-hybridized carbons (Fsp3) is 0.733. The van der Waals surface area contributed by atoms with Crippen LogP contribution >= 0.6 is 11.6 Å². The molecule has 0 N–H and O–H groups in total. The van der Waals surface area contributed by atoms with Gasteiger partial charge in [-0.25, -0.2) is 0 Å². The Morgan fingerprint density at radius 2 is 1.95 bits per heavy atom. The molecule has 0 unspecified atom stereocenters. The van der Waals surface area contributed by atoms with Crippen LogP contribution in [-0.2, 0) is 23.0 Å². The smallest absolute Gasteiger partial charge is 0.170 e. The highest BCUT2D eigenvalue weighted by molar-refractivity contribution is 6.32. The highest BCUT2D eigenvalue weighted by Gasteiger charge is 2.38. The molecule has 0 amide bonds. The standard InChI is InChI=1S/C15H23ClN2O2/c1-11-14(16)12(18(2)17-11)10-13(19)15(20-3)8-6-4-5-7-9-15/h4-10H2,1-3H3. The second-order valence-electron chi connectivity index (χ2n) is 5.68. The first-order valence-electron chi connectivity index (χ1n) is 7.26. The maximum atomic E-state index is 12.8. The molecule has 0 aromatic carbocycles. The quantitative estimate of drug-likeness (QED) is 0.802. The van der Waals surface area contributed by atoms with Crippen LogP contribution in [0.2, 0.25) is 5.02 Å². The summed E-state index contributed by atoms with van der Waals surface area (Å²) in [6.45, 7) is 1.86. The minimum atomic E-state index is -0.627. The van der Waals surface area contributed by atoms with Gasteiger partial charge in [0.15, 0.2) is 5.78 Å². The number of Topliss-reactive ketones (excluding diaryl/α,β-unsaturated/α-hetero) is 1. The maximum absolute atomic E-state index is 12.8. The molecule has 0 atom stereocenters. The van der Waals surface area contributed by atoms with Gasteiger partial charge in [0, 0.05) is 14.2 Å². The number of halogens is 1. The minimum Gasteiger partial charge on any atom is -0.370 e. The largest absolute Gasteiger partial charge is 0.370 e. The number of nitrogens with zero attached hydrogens (tertiary/aromatic N) is 2. The second kappa shape index (κ2) is 6.27. The van der Waals surface area contributed by atoms with Crippen molar-refractivity contribution in [1.29, 1.82) is 0 Å². The summed E-state index contributed by atoms with van der Waals surface area (Å²) in [5, 5.41) is 4.87. The van der Waals surface area contributed by atoms with E-state index in [0.29, 0.717) is 11.4 Å². The summed E-state index contributed by atoms with van der Waals surface area (Å²) in [7, 11) is 3.48. The van der Waals surface area contributed by atoms with Crippen molar-refractivity contribution in [2.24, 2.45) is 7.05 Å². The Morgan fingerprint density at radius 3 is 2.40 bits per heavy atom. The zero-order chi connectivity index (χ0) is 14.8. The third kappa shape index (κ3) is 2.91. The van der Waals surface area contributed by atoms with Crippen LogP contribution in [0.15, 0.2) is 0 Å². The molecular weight excluding hydrogens is 276 g/mol. The van der Waals surface area contributed by atoms with E-state index >= 15 is 0 Å². The maximum Gasteiger partial charge on any atom is 0.170 e. The lowest BCUT2D eigenvalue weighted by Crippen LogP contribution is -2.41. The van der Waals surface area contributed by atoms with Crippen LogP contribution in [0, 0.1) is 6.92 Å².